The Morgan fingerprint density at radius 1 is 0.524 bits per heavy atom. The highest BCUT2D eigenvalue weighted by atomic mass is 16.5. The summed E-state index contributed by atoms with van der Waals surface area (Å²) in [5.41, 5.74) is 0. The summed E-state index contributed by atoms with van der Waals surface area (Å²) < 4.78 is 21.7. The van der Waals surface area contributed by atoms with Crippen LogP contribution in [0.5, 0.6) is 0 Å². The van der Waals surface area contributed by atoms with Crippen LogP contribution in [0.2, 0.25) is 0 Å². The van der Waals surface area contributed by atoms with E-state index in [1.54, 1.807) is 0 Å². The van der Waals surface area contributed by atoms with E-state index in [0.717, 1.165) is 45.8 Å². The van der Waals surface area contributed by atoms with Crippen LogP contribution in [0.15, 0.2) is 0 Å². The van der Waals surface area contributed by atoms with E-state index in [2.05, 4.69) is 19.2 Å². The van der Waals surface area contributed by atoms with Crippen LogP contribution in [0.1, 0.15) is 39.5 Å². The Morgan fingerprint density at radius 3 is 1.38 bits per heavy atom. The molecular formula is C16H35NO4. The third kappa shape index (κ3) is 19.8. The topological polar surface area (TPSA) is 49.0 Å². The van der Waals surface area contributed by atoms with E-state index < -0.39 is 0 Å². The van der Waals surface area contributed by atoms with Crippen molar-refractivity contribution in [2.75, 3.05) is 65.9 Å². The normalized spacial score (nSPS) is 11.1. The second-order valence-electron chi connectivity index (χ2n) is 4.91. The molecule has 0 saturated carbocycles. The molecule has 0 aromatic rings. The lowest BCUT2D eigenvalue weighted by Crippen LogP contribution is -2.24. The summed E-state index contributed by atoms with van der Waals surface area (Å²) in [4.78, 5) is 0. The van der Waals surface area contributed by atoms with Crippen LogP contribution in [0.25, 0.3) is 0 Å². The number of nitrogens with one attached hydrogen (secondary N) is 1. The predicted molar refractivity (Wildman–Crippen MR) is 86.0 cm³/mol. The van der Waals surface area contributed by atoms with Crippen LogP contribution < -0.4 is 5.32 Å². The van der Waals surface area contributed by atoms with Gasteiger partial charge in [-0.05, 0) is 12.8 Å². The Labute approximate surface area is 130 Å². The van der Waals surface area contributed by atoms with Crippen LogP contribution in [0.4, 0.5) is 0 Å². The van der Waals surface area contributed by atoms with E-state index >= 15 is 0 Å². The van der Waals surface area contributed by atoms with Crippen LogP contribution in [0.3, 0.4) is 0 Å². The molecule has 0 rings (SSSR count). The summed E-state index contributed by atoms with van der Waals surface area (Å²) in [6.45, 7) is 11.9. The Hall–Kier alpha value is -0.200. The van der Waals surface area contributed by atoms with Crippen LogP contribution in [-0.2, 0) is 18.9 Å². The van der Waals surface area contributed by atoms with Crippen molar-refractivity contribution in [3.05, 3.63) is 0 Å². The molecule has 0 heterocycles. The smallest absolute Gasteiger partial charge is 0.0701 e. The molecule has 128 valence electrons. The second kappa shape index (κ2) is 19.8. The summed E-state index contributed by atoms with van der Waals surface area (Å²) in [5, 5.41) is 3.28. The van der Waals surface area contributed by atoms with Gasteiger partial charge in [0, 0.05) is 26.3 Å². The molecule has 0 fully saturated rings. The molecule has 0 aromatic carbocycles. The van der Waals surface area contributed by atoms with Crippen molar-refractivity contribution >= 4 is 0 Å². The fourth-order valence-electron chi connectivity index (χ4n) is 1.55. The Balaban J connectivity index is 2.90. The molecule has 0 saturated heterocycles. The summed E-state index contributed by atoms with van der Waals surface area (Å²) in [6, 6.07) is 0. The fourth-order valence-corrected chi connectivity index (χ4v) is 1.55. The molecule has 0 aliphatic rings. The predicted octanol–water partition coefficient (Wildman–Crippen LogP) is 2.24. The largest absolute Gasteiger partial charge is 0.380 e. The van der Waals surface area contributed by atoms with E-state index in [4.69, 9.17) is 18.9 Å². The highest BCUT2D eigenvalue weighted by molar-refractivity contribution is 4.45. The highest BCUT2D eigenvalue weighted by Crippen LogP contribution is 1.88. The summed E-state index contributed by atoms with van der Waals surface area (Å²) in [7, 11) is 0. The Bertz CT molecular complexity index is 164. The Kier molecular flexibility index (Phi) is 19.6. The highest BCUT2D eigenvalue weighted by Gasteiger charge is 1.92. The van der Waals surface area contributed by atoms with E-state index in [1.165, 1.54) is 12.8 Å². The van der Waals surface area contributed by atoms with Crippen molar-refractivity contribution in [3.8, 4) is 0 Å². The van der Waals surface area contributed by atoms with Crippen LogP contribution in [0, 0.1) is 0 Å². The lowest BCUT2D eigenvalue weighted by atomic mass is 10.4. The minimum atomic E-state index is 0.636. The zero-order valence-electron chi connectivity index (χ0n) is 14.0. The van der Waals surface area contributed by atoms with Crippen molar-refractivity contribution in [2.45, 2.75) is 39.5 Å². The second-order valence-corrected chi connectivity index (χ2v) is 4.91. The molecule has 1 N–H and O–H groups in total. The van der Waals surface area contributed by atoms with Crippen molar-refractivity contribution in [2.24, 2.45) is 0 Å². The first-order chi connectivity index (χ1) is 10.4. The zero-order chi connectivity index (χ0) is 15.4. The molecule has 0 aliphatic heterocycles. The van der Waals surface area contributed by atoms with Gasteiger partial charge in [-0.2, -0.15) is 0 Å². The van der Waals surface area contributed by atoms with E-state index in [1.807, 2.05) is 0 Å². The first-order valence-corrected chi connectivity index (χ1v) is 8.43. The quantitative estimate of drug-likeness (QED) is 0.394. The van der Waals surface area contributed by atoms with Gasteiger partial charge in [-0.25, -0.2) is 0 Å². The maximum Gasteiger partial charge on any atom is 0.0701 e. The van der Waals surface area contributed by atoms with E-state index in [0.29, 0.717) is 33.0 Å². The van der Waals surface area contributed by atoms with Crippen molar-refractivity contribution in [3.63, 3.8) is 0 Å². The van der Waals surface area contributed by atoms with Gasteiger partial charge in [0.25, 0.3) is 0 Å². The number of hydrogen-bond acceptors (Lipinski definition) is 5. The summed E-state index contributed by atoms with van der Waals surface area (Å²) in [5.74, 6) is 0. The molecule has 0 radical (unpaired) electrons. The Morgan fingerprint density at radius 2 is 0.905 bits per heavy atom. The third-order valence-electron chi connectivity index (χ3n) is 2.87. The van der Waals surface area contributed by atoms with Crippen molar-refractivity contribution in [1.29, 1.82) is 0 Å². The molecule has 0 aromatic heterocycles. The third-order valence-corrected chi connectivity index (χ3v) is 2.87. The molecule has 0 aliphatic carbocycles. The van der Waals surface area contributed by atoms with Crippen LogP contribution in [-0.4, -0.2) is 65.9 Å². The summed E-state index contributed by atoms with van der Waals surface area (Å²) in [6.07, 6.45) is 4.63. The van der Waals surface area contributed by atoms with Crippen molar-refractivity contribution in [1.82, 2.24) is 5.32 Å². The van der Waals surface area contributed by atoms with Gasteiger partial charge in [0.05, 0.1) is 39.6 Å². The van der Waals surface area contributed by atoms with E-state index in [9.17, 15) is 0 Å². The average molecular weight is 305 g/mol. The molecular weight excluding hydrogens is 270 g/mol. The SMILES string of the molecule is CCCCOCCNCCOCCOCCOCCCC. The lowest BCUT2D eigenvalue weighted by Gasteiger charge is -2.08. The maximum atomic E-state index is 5.45. The monoisotopic (exact) mass is 305 g/mol. The number of hydrogen-bond donors (Lipinski definition) is 1. The van der Waals surface area contributed by atoms with Gasteiger partial charge >= 0.3 is 0 Å². The molecule has 0 unspecified atom stereocenters. The lowest BCUT2D eigenvalue weighted by molar-refractivity contribution is 0.0144. The summed E-state index contributed by atoms with van der Waals surface area (Å²) >= 11 is 0. The molecule has 21 heavy (non-hydrogen) atoms. The van der Waals surface area contributed by atoms with Crippen molar-refractivity contribution < 1.29 is 18.9 Å². The van der Waals surface area contributed by atoms with Crippen LogP contribution >= 0.6 is 0 Å². The van der Waals surface area contributed by atoms with Gasteiger partial charge in [-0.3, -0.25) is 0 Å². The van der Waals surface area contributed by atoms with Gasteiger partial charge in [0.2, 0.25) is 0 Å². The minimum Gasteiger partial charge on any atom is -0.380 e. The number of ether oxygens (including phenoxy) is 4. The van der Waals surface area contributed by atoms with Gasteiger partial charge in [0.1, 0.15) is 0 Å². The molecule has 0 bridgehead atoms. The standard InChI is InChI=1S/C16H35NO4/c1-3-5-9-18-11-7-17-8-12-20-14-16-21-15-13-19-10-6-4-2/h17H,3-16H2,1-2H3. The van der Waals surface area contributed by atoms with E-state index in [-0.39, 0.29) is 0 Å². The first-order valence-electron chi connectivity index (χ1n) is 8.43. The maximum absolute atomic E-state index is 5.45. The first kappa shape index (κ1) is 20.8. The molecule has 5 heteroatoms. The van der Waals surface area contributed by atoms with Gasteiger partial charge < -0.3 is 24.3 Å². The molecule has 0 spiro atoms. The van der Waals surface area contributed by atoms with Gasteiger partial charge in [-0.1, -0.05) is 26.7 Å². The molecule has 0 atom stereocenters. The zero-order valence-corrected chi connectivity index (χ0v) is 14.0. The molecule has 5 nitrogen and oxygen atoms in total. The number of unbranched alkanes of at least 4 members (excludes halogenated alkanes) is 2. The fraction of sp³-hybridized carbons (Fsp3) is 1.00. The van der Waals surface area contributed by atoms with Gasteiger partial charge in [0.15, 0.2) is 0 Å². The minimum absolute atomic E-state index is 0.636. The average Bonchev–Trinajstić information content (AvgIpc) is 2.50. The molecule has 0 amide bonds. The number of rotatable bonds is 18. The van der Waals surface area contributed by atoms with Gasteiger partial charge in [-0.15, -0.1) is 0 Å².